The molecule has 2 saturated heterocycles. The van der Waals surface area contributed by atoms with E-state index in [1.807, 2.05) is 56.1 Å². The normalized spacial score (nSPS) is 18.3. The molecule has 4 rings (SSSR count). The number of amides is 2. The van der Waals surface area contributed by atoms with Gasteiger partial charge in [0.2, 0.25) is 11.8 Å². The van der Waals surface area contributed by atoms with Gasteiger partial charge in [-0.2, -0.15) is 10.4 Å². The molecule has 11 heteroatoms. The predicted molar refractivity (Wildman–Crippen MR) is 154 cm³/mol. The van der Waals surface area contributed by atoms with Crippen LogP contribution in [0.2, 0.25) is 0 Å². The Morgan fingerprint density at radius 3 is 2.60 bits per heavy atom. The van der Waals surface area contributed by atoms with Crippen molar-refractivity contribution in [2.75, 3.05) is 53.9 Å². The van der Waals surface area contributed by atoms with E-state index in [4.69, 9.17) is 15.5 Å². The maximum Gasteiger partial charge on any atom is 0.246 e. The fourth-order valence-corrected chi connectivity index (χ4v) is 5.37. The Balaban J connectivity index is 1.36. The largest absolute Gasteiger partial charge is 0.494 e. The number of pyridine rings is 1. The predicted octanol–water partition coefficient (Wildman–Crippen LogP) is 1.93. The third-order valence-corrected chi connectivity index (χ3v) is 7.55. The van der Waals surface area contributed by atoms with Gasteiger partial charge < -0.3 is 25.2 Å². The van der Waals surface area contributed by atoms with Gasteiger partial charge in [-0.3, -0.25) is 14.6 Å². The van der Waals surface area contributed by atoms with Gasteiger partial charge in [0.15, 0.2) is 0 Å². The molecule has 11 nitrogen and oxygen atoms in total. The molecule has 0 aromatic carbocycles. The molecule has 212 valence electrons. The van der Waals surface area contributed by atoms with Gasteiger partial charge in [-0.15, -0.1) is 0 Å². The number of nitriles is 1. The Kier molecular flexibility index (Phi) is 8.59. The van der Waals surface area contributed by atoms with Crippen molar-refractivity contribution in [3.63, 3.8) is 0 Å². The first-order chi connectivity index (χ1) is 19.1. The third-order valence-electron chi connectivity index (χ3n) is 7.55. The van der Waals surface area contributed by atoms with Crippen LogP contribution in [-0.4, -0.2) is 102 Å². The van der Waals surface area contributed by atoms with Crippen molar-refractivity contribution in [1.29, 1.82) is 5.26 Å². The average Bonchev–Trinajstić information content (AvgIpc) is 3.34. The zero-order valence-electron chi connectivity index (χ0n) is 23.9. The van der Waals surface area contributed by atoms with Crippen molar-refractivity contribution < 1.29 is 14.3 Å². The molecule has 40 heavy (non-hydrogen) atoms. The van der Waals surface area contributed by atoms with Crippen LogP contribution in [0, 0.1) is 16.7 Å². The minimum Gasteiger partial charge on any atom is -0.494 e. The van der Waals surface area contributed by atoms with Crippen molar-refractivity contribution in [2.45, 2.75) is 32.7 Å². The van der Waals surface area contributed by atoms with Crippen LogP contribution in [-0.2, 0) is 9.59 Å². The topological polar surface area (TPSA) is 133 Å². The van der Waals surface area contributed by atoms with Gasteiger partial charge >= 0.3 is 0 Å². The number of rotatable bonds is 8. The van der Waals surface area contributed by atoms with E-state index in [0.29, 0.717) is 49.6 Å². The molecule has 2 N–H and O–H groups in total. The molecule has 2 aromatic heterocycles. The Labute approximate surface area is 235 Å². The van der Waals surface area contributed by atoms with E-state index >= 15 is 0 Å². The van der Waals surface area contributed by atoms with E-state index in [1.54, 1.807) is 22.6 Å². The second-order valence-corrected chi connectivity index (χ2v) is 11.0. The molecule has 0 atom stereocenters. The highest BCUT2D eigenvalue weighted by molar-refractivity contribution is 6.22. The van der Waals surface area contributed by atoms with Crippen LogP contribution in [0.5, 0.6) is 5.75 Å². The lowest BCUT2D eigenvalue weighted by atomic mass is 9.79. The van der Waals surface area contributed by atoms with Gasteiger partial charge in [-0.1, -0.05) is 6.08 Å². The van der Waals surface area contributed by atoms with Gasteiger partial charge in [0.05, 0.1) is 24.8 Å². The summed E-state index contributed by atoms with van der Waals surface area (Å²) in [6.07, 6.45) is 9.77. The highest BCUT2D eigenvalue weighted by atomic mass is 16.5. The molecule has 2 aromatic rings. The summed E-state index contributed by atoms with van der Waals surface area (Å²) in [4.78, 5) is 36.2. The molecule has 0 saturated carbocycles. The summed E-state index contributed by atoms with van der Waals surface area (Å²) in [5, 5.41) is 13.7. The second-order valence-electron chi connectivity index (χ2n) is 11.0. The van der Waals surface area contributed by atoms with Crippen LogP contribution in [0.3, 0.4) is 0 Å². The quantitative estimate of drug-likeness (QED) is 0.395. The molecule has 2 aliphatic rings. The molecular formula is C29H38N8O3. The van der Waals surface area contributed by atoms with Crippen molar-refractivity contribution >= 4 is 28.6 Å². The van der Waals surface area contributed by atoms with Gasteiger partial charge in [-0.25, -0.2) is 4.52 Å². The van der Waals surface area contributed by atoms with E-state index in [9.17, 15) is 14.9 Å². The van der Waals surface area contributed by atoms with Crippen molar-refractivity contribution in [3.8, 4) is 11.8 Å². The zero-order chi connectivity index (χ0) is 29.0. The molecule has 2 fully saturated rings. The first-order valence-electron chi connectivity index (χ1n) is 13.4. The maximum absolute atomic E-state index is 13.3. The summed E-state index contributed by atoms with van der Waals surface area (Å²) in [6, 6.07) is 4.03. The highest BCUT2D eigenvalue weighted by Gasteiger charge is 2.48. The van der Waals surface area contributed by atoms with Crippen LogP contribution >= 0.6 is 0 Å². The summed E-state index contributed by atoms with van der Waals surface area (Å²) in [5.74, 6) is 0.584. The Hall–Kier alpha value is -4.17. The molecule has 0 unspecified atom stereocenters. The number of aromatic nitrogens is 2. The summed E-state index contributed by atoms with van der Waals surface area (Å²) >= 11 is 0. The number of methoxy groups -OCH3 is 1. The number of hydrogen-bond acceptors (Lipinski definition) is 8. The van der Waals surface area contributed by atoms with Crippen LogP contribution in [0.25, 0.3) is 11.1 Å². The Bertz CT molecular complexity index is 1400. The van der Waals surface area contributed by atoms with Gasteiger partial charge in [0.1, 0.15) is 22.9 Å². The molecular weight excluding hydrogens is 508 g/mol. The monoisotopic (exact) mass is 546 g/mol. The fraction of sp³-hybridized carbons (Fsp3) is 0.483. The summed E-state index contributed by atoms with van der Waals surface area (Å²) in [5.41, 5.74) is 8.83. The highest BCUT2D eigenvalue weighted by Crippen LogP contribution is 2.34. The number of hydrogen-bond donors (Lipinski definition) is 1. The van der Waals surface area contributed by atoms with Crippen LogP contribution in [0.15, 0.2) is 41.8 Å². The Morgan fingerprint density at radius 2 is 2.00 bits per heavy atom. The number of ether oxygens (including phenoxy) is 1. The molecule has 4 heterocycles. The van der Waals surface area contributed by atoms with E-state index in [1.165, 1.54) is 12.4 Å². The molecule has 0 radical (unpaired) electrons. The standard InChI is InChI=1S/C29H38N8O3/c1-20(24(15-31)21-13-25(40-5)27-22(14-30)16-32-37(27)17-21)33-23-8-11-35(12-9-23)28(39)29(2)18-36(19-29)26(38)7-6-10-34(3)4/h6-7,13,15-17,23H,8-12,18-19,31H2,1-5H3/b7-6+,24-15?,33-20?. The molecule has 2 amide bonds. The minimum atomic E-state index is -0.540. The smallest absolute Gasteiger partial charge is 0.246 e. The summed E-state index contributed by atoms with van der Waals surface area (Å²) in [7, 11) is 5.45. The summed E-state index contributed by atoms with van der Waals surface area (Å²) < 4.78 is 7.14. The number of aliphatic imine (C=N–C) groups is 1. The number of nitrogens with zero attached hydrogens (tertiary/aromatic N) is 7. The zero-order valence-corrected chi connectivity index (χ0v) is 23.9. The minimum absolute atomic E-state index is 0.0470. The average molecular weight is 547 g/mol. The SMILES string of the molecule is COc1cc(C(=CN)C(C)=NC2CCN(C(=O)C3(C)CN(C(=O)/C=C/CN(C)C)C3)CC2)cn2ncc(C#N)c12. The molecule has 0 spiro atoms. The maximum atomic E-state index is 13.3. The van der Waals surface area contributed by atoms with Gasteiger partial charge in [0.25, 0.3) is 0 Å². The summed E-state index contributed by atoms with van der Waals surface area (Å²) in [6.45, 7) is 6.70. The van der Waals surface area contributed by atoms with Gasteiger partial charge in [0, 0.05) is 68.0 Å². The van der Waals surface area contributed by atoms with Crippen LogP contribution < -0.4 is 10.5 Å². The lowest BCUT2D eigenvalue weighted by Crippen LogP contribution is -2.64. The van der Waals surface area contributed by atoms with E-state index in [2.05, 4.69) is 11.2 Å². The molecule has 0 aliphatic carbocycles. The van der Waals surface area contributed by atoms with Crippen molar-refractivity contribution in [2.24, 2.45) is 16.1 Å². The van der Waals surface area contributed by atoms with Crippen LogP contribution in [0.1, 0.15) is 37.8 Å². The second kappa shape index (κ2) is 11.9. The number of fused-ring (bicyclic) bond motifs is 1. The number of likely N-dealkylation sites (N-methyl/N-ethyl adjacent to an activating group) is 1. The van der Waals surface area contributed by atoms with E-state index in [0.717, 1.165) is 29.7 Å². The van der Waals surface area contributed by atoms with E-state index in [-0.39, 0.29) is 17.9 Å². The lowest BCUT2D eigenvalue weighted by Gasteiger charge is -2.49. The number of carbonyl (C=O) groups is 2. The van der Waals surface area contributed by atoms with Gasteiger partial charge in [-0.05, 0) is 46.9 Å². The number of piperidine rings is 1. The number of likely N-dealkylation sites (tertiary alicyclic amines) is 2. The number of allylic oxidation sites excluding steroid dienone is 1. The van der Waals surface area contributed by atoms with Crippen LogP contribution in [0.4, 0.5) is 0 Å². The molecule has 2 aliphatic heterocycles. The molecule has 0 bridgehead atoms. The Morgan fingerprint density at radius 1 is 1.30 bits per heavy atom. The first kappa shape index (κ1) is 28.8. The number of carbonyl (C=O) groups excluding carboxylic acids is 2. The van der Waals surface area contributed by atoms with Crippen molar-refractivity contribution in [3.05, 3.63) is 47.9 Å². The lowest BCUT2D eigenvalue weighted by molar-refractivity contribution is -0.157. The first-order valence-corrected chi connectivity index (χ1v) is 13.4. The third kappa shape index (κ3) is 5.87. The van der Waals surface area contributed by atoms with Crippen molar-refractivity contribution in [1.82, 2.24) is 24.3 Å². The fourth-order valence-electron chi connectivity index (χ4n) is 5.37. The number of nitrogens with two attached hydrogens (primary N) is 1. The van der Waals surface area contributed by atoms with E-state index < -0.39 is 5.41 Å².